The van der Waals surface area contributed by atoms with Gasteiger partial charge in [0.15, 0.2) is 0 Å². The Morgan fingerprint density at radius 3 is 2.39 bits per heavy atom. The SMILES string of the molecule is C/C(=N/NC(=O)c1ccccc1N)c1cccc2ccccc12. The van der Waals surface area contributed by atoms with Gasteiger partial charge in [0.05, 0.1) is 11.3 Å². The van der Waals surface area contributed by atoms with Crippen LogP contribution in [0.15, 0.2) is 71.8 Å². The smallest absolute Gasteiger partial charge is 0.273 e. The minimum absolute atomic E-state index is 0.317. The molecule has 0 aliphatic carbocycles. The monoisotopic (exact) mass is 303 g/mol. The number of nitrogens with two attached hydrogens (primary N) is 1. The lowest BCUT2D eigenvalue weighted by atomic mass is 10.0. The van der Waals surface area contributed by atoms with Crippen LogP contribution in [0.25, 0.3) is 10.8 Å². The van der Waals surface area contributed by atoms with E-state index in [1.165, 1.54) is 0 Å². The van der Waals surface area contributed by atoms with Crippen molar-refractivity contribution in [3.8, 4) is 0 Å². The van der Waals surface area contributed by atoms with Crippen LogP contribution in [0.3, 0.4) is 0 Å². The molecule has 114 valence electrons. The van der Waals surface area contributed by atoms with Crippen molar-refractivity contribution >= 4 is 28.1 Å². The Kier molecular flexibility index (Phi) is 4.06. The van der Waals surface area contributed by atoms with E-state index in [9.17, 15) is 4.79 Å². The molecule has 0 unspecified atom stereocenters. The molecule has 23 heavy (non-hydrogen) atoms. The first-order valence-electron chi connectivity index (χ1n) is 7.34. The lowest BCUT2D eigenvalue weighted by Gasteiger charge is -2.07. The van der Waals surface area contributed by atoms with Crippen molar-refractivity contribution in [3.05, 3.63) is 77.9 Å². The summed E-state index contributed by atoms with van der Waals surface area (Å²) in [6.45, 7) is 1.87. The Morgan fingerprint density at radius 1 is 0.913 bits per heavy atom. The van der Waals surface area contributed by atoms with Gasteiger partial charge in [0.1, 0.15) is 0 Å². The second-order valence-corrected chi connectivity index (χ2v) is 5.25. The van der Waals surface area contributed by atoms with Gasteiger partial charge in [-0.15, -0.1) is 0 Å². The Morgan fingerprint density at radius 2 is 1.57 bits per heavy atom. The van der Waals surface area contributed by atoms with E-state index in [0.717, 1.165) is 22.0 Å². The maximum Gasteiger partial charge on any atom is 0.273 e. The lowest BCUT2D eigenvalue weighted by Crippen LogP contribution is -2.20. The van der Waals surface area contributed by atoms with E-state index in [1.54, 1.807) is 24.3 Å². The summed E-state index contributed by atoms with van der Waals surface area (Å²) in [4.78, 5) is 12.2. The van der Waals surface area contributed by atoms with Gasteiger partial charge < -0.3 is 5.73 Å². The first-order valence-corrected chi connectivity index (χ1v) is 7.34. The summed E-state index contributed by atoms with van der Waals surface area (Å²) in [5.74, 6) is -0.317. The quantitative estimate of drug-likeness (QED) is 0.441. The fraction of sp³-hybridized carbons (Fsp3) is 0.0526. The molecule has 3 aromatic carbocycles. The van der Waals surface area contributed by atoms with Crippen LogP contribution in [0.4, 0.5) is 5.69 Å². The van der Waals surface area contributed by atoms with E-state index in [2.05, 4.69) is 22.7 Å². The maximum atomic E-state index is 12.2. The Bertz CT molecular complexity index is 895. The summed E-state index contributed by atoms with van der Waals surface area (Å²) in [5, 5.41) is 6.46. The minimum atomic E-state index is -0.317. The molecule has 0 bridgehead atoms. The number of nitrogen functional groups attached to an aromatic ring is 1. The molecule has 0 spiro atoms. The van der Waals surface area contributed by atoms with E-state index in [-0.39, 0.29) is 5.91 Å². The van der Waals surface area contributed by atoms with Gasteiger partial charge in [-0.05, 0) is 29.8 Å². The van der Waals surface area contributed by atoms with Gasteiger partial charge in [0.2, 0.25) is 0 Å². The number of nitrogens with one attached hydrogen (secondary N) is 1. The van der Waals surface area contributed by atoms with Gasteiger partial charge >= 0.3 is 0 Å². The molecule has 3 N–H and O–H groups in total. The molecule has 0 heterocycles. The minimum Gasteiger partial charge on any atom is -0.398 e. The highest BCUT2D eigenvalue weighted by atomic mass is 16.2. The molecular weight excluding hydrogens is 286 g/mol. The fourth-order valence-electron chi connectivity index (χ4n) is 2.50. The zero-order chi connectivity index (χ0) is 16.2. The van der Waals surface area contributed by atoms with Crippen molar-refractivity contribution in [3.63, 3.8) is 0 Å². The van der Waals surface area contributed by atoms with E-state index < -0.39 is 0 Å². The number of nitrogens with zero attached hydrogens (tertiary/aromatic N) is 1. The maximum absolute atomic E-state index is 12.2. The summed E-state index contributed by atoms with van der Waals surface area (Å²) in [5.41, 5.74) is 11.0. The predicted octanol–water partition coefficient (Wildman–Crippen LogP) is 3.58. The van der Waals surface area contributed by atoms with Gasteiger partial charge in [0.25, 0.3) is 5.91 Å². The van der Waals surface area contributed by atoms with Crippen molar-refractivity contribution in [2.24, 2.45) is 5.10 Å². The zero-order valence-electron chi connectivity index (χ0n) is 12.8. The molecule has 0 aliphatic rings. The number of hydrazone groups is 1. The molecule has 0 saturated carbocycles. The second kappa shape index (κ2) is 6.32. The molecule has 3 rings (SSSR count). The molecular formula is C19H17N3O. The van der Waals surface area contributed by atoms with E-state index in [0.29, 0.717) is 11.3 Å². The summed E-state index contributed by atoms with van der Waals surface area (Å²) in [6.07, 6.45) is 0. The average Bonchev–Trinajstić information content (AvgIpc) is 2.59. The molecule has 4 nitrogen and oxygen atoms in total. The molecule has 0 radical (unpaired) electrons. The third-order valence-electron chi connectivity index (χ3n) is 3.71. The number of para-hydroxylation sites is 1. The normalized spacial score (nSPS) is 11.4. The topological polar surface area (TPSA) is 67.5 Å². The lowest BCUT2D eigenvalue weighted by molar-refractivity contribution is 0.0955. The summed E-state index contributed by atoms with van der Waals surface area (Å²) in [6, 6.07) is 21.0. The molecule has 0 aromatic heterocycles. The van der Waals surface area contributed by atoms with Crippen LogP contribution in [-0.4, -0.2) is 11.6 Å². The van der Waals surface area contributed by atoms with Crippen molar-refractivity contribution in [1.82, 2.24) is 5.43 Å². The number of hydrogen-bond acceptors (Lipinski definition) is 3. The van der Waals surface area contributed by atoms with Crippen LogP contribution in [0, 0.1) is 0 Å². The third-order valence-corrected chi connectivity index (χ3v) is 3.71. The number of carbonyl (C=O) groups excluding carboxylic acids is 1. The third kappa shape index (κ3) is 3.06. The van der Waals surface area contributed by atoms with Gasteiger partial charge in [-0.2, -0.15) is 5.10 Å². The molecule has 0 aliphatic heterocycles. The van der Waals surface area contributed by atoms with Crippen LogP contribution in [0.5, 0.6) is 0 Å². The number of rotatable bonds is 3. The number of fused-ring (bicyclic) bond motifs is 1. The number of anilines is 1. The zero-order valence-corrected chi connectivity index (χ0v) is 12.8. The van der Waals surface area contributed by atoms with Gasteiger partial charge in [-0.25, -0.2) is 5.43 Å². The van der Waals surface area contributed by atoms with E-state index in [4.69, 9.17) is 5.73 Å². The molecule has 0 saturated heterocycles. The first kappa shape index (κ1) is 14.8. The number of benzene rings is 3. The second-order valence-electron chi connectivity index (χ2n) is 5.25. The van der Waals surface area contributed by atoms with Crippen molar-refractivity contribution < 1.29 is 4.79 Å². The van der Waals surface area contributed by atoms with Crippen molar-refractivity contribution in [1.29, 1.82) is 0 Å². The molecule has 3 aromatic rings. The largest absolute Gasteiger partial charge is 0.398 e. The van der Waals surface area contributed by atoms with Crippen LogP contribution in [-0.2, 0) is 0 Å². The summed E-state index contributed by atoms with van der Waals surface area (Å²) >= 11 is 0. The molecule has 0 fully saturated rings. The molecule has 1 amide bonds. The van der Waals surface area contributed by atoms with Crippen LogP contribution >= 0.6 is 0 Å². The van der Waals surface area contributed by atoms with Gasteiger partial charge in [-0.1, -0.05) is 54.6 Å². The highest BCUT2D eigenvalue weighted by molar-refractivity contribution is 6.10. The standard InChI is InChI=1S/C19H17N3O/c1-13(15-11-6-8-14-7-2-3-9-16(14)15)21-22-19(23)17-10-4-5-12-18(17)20/h2-12H,20H2,1H3,(H,22,23)/b21-13-. The Balaban J connectivity index is 1.88. The van der Waals surface area contributed by atoms with E-state index in [1.807, 2.05) is 37.3 Å². The Labute approximate surface area is 134 Å². The van der Waals surface area contributed by atoms with Crippen LogP contribution in [0.1, 0.15) is 22.8 Å². The van der Waals surface area contributed by atoms with Crippen LogP contribution < -0.4 is 11.2 Å². The molecule has 4 heteroatoms. The van der Waals surface area contributed by atoms with Gasteiger partial charge in [0, 0.05) is 11.3 Å². The average molecular weight is 303 g/mol. The number of amides is 1. The van der Waals surface area contributed by atoms with Crippen molar-refractivity contribution in [2.45, 2.75) is 6.92 Å². The Hall–Kier alpha value is -3.14. The first-order chi connectivity index (χ1) is 11.2. The number of carbonyl (C=O) groups is 1. The predicted molar refractivity (Wildman–Crippen MR) is 94.5 cm³/mol. The fourth-order valence-corrected chi connectivity index (χ4v) is 2.50. The summed E-state index contributed by atoms with van der Waals surface area (Å²) in [7, 11) is 0. The number of hydrogen-bond donors (Lipinski definition) is 2. The van der Waals surface area contributed by atoms with E-state index >= 15 is 0 Å². The van der Waals surface area contributed by atoms with Crippen LogP contribution in [0.2, 0.25) is 0 Å². The highest BCUT2D eigenvalue weighted by Gasteiger charge is 2.09. The summed E-state index contributed by atoms with van der Waals surface area (Å²) < 4.78 is 0. The molecule has 0 atom stereocenters. The van der Waals surface area contributed by atoms with Gasteiger partial charge in [-0.3, -0.25) is 4.79 Å². The van der Waals surface area contributed by atoms with Crippen molar-refractivity contribution in [2.75, 3.05) is 5.73 Å². The highest BCUT2D eigenvalue weighted by Crippen LogP contribution is 2.19.